The largest absolute Gasteiger partial charge is 0.497 e. The zero-order valence-electron chi connectivity index (χ0n) is 9.08. The number of hydrogen-bond donors (Lipinski definition) is 1. The van der Waals surface area contributed by atoms with E-state index in [4.69, 9.17) is 9.88 Å². The molecule has 0 aromatic heterocycles. The van der Waals surface area contributed by atoms with Gasteiger partial charge in [-0.1, -0.05) is 12.1 Å². The molecular weight excluding hydrogens is 242 g/mol. The average molecular weight is 253 g/mol. The molecule has 6 heteroatoms. The van der Waals surface area contributed by atoms with Gasteiger partial charge in [0.2, 0.25) is 0 Å². The van der Waals surface area contributed by atoms with Crippen LogP contribution in [-0.4, -0.2) is 15.5 Å². The van der Waals surface area contributed by atoms with E-state index in [9.17, 15) is 8.42 Å². The molecule has 0 unspecified atom stereocenters. The van der Waals surface area contributed by atoms with Gasteiger partial charge in [0.15, 0.2) is 0 Å². The minimum absolute atomic E-state index is 0.185. The molecule has 2 N–H and O–H groups in total. The van der Waals surface area contributed by atoms with Crippen molar-refractivity contribution < 1.29 is 17.3 Å². The number of benzene rings is 2. The van der Waals surface area contributed by atoms with Gasteiger partial charge in [-0.25, -0.2) is 0 Å². The molecule has 90 valence electrons. The van der Waals surface area contributed by atoms with Crippen molar-refractivity contribution in [3.63, 3.8) is 0 Å². The van der Waals surface area contributed by atoms with E-state index in [1.807, 2.05) is 12.1 Å². The quantitative estimate of drug-likeness (QED) is 0.897. The molecule has 2 rings (SSSR count). The maximum atomic E-state index is 10.8. The Hall–Kier alpha value is -1.79. The first-order chi connectivity index (χ1) is 7.98. The first-order valence-corrected chi connectivity index (χ1v) is 6.25. The monoisotopic (exact) mass is 253 g/mol. The molecule has 0 amide bonds. The zero-order valence-corrected chi connectivity index (χ0v) is 9.90. The van der Waals surface area contributed by atoms with E-state index in [2.05, 4.69) is 4.18 Å². The van der Waals surface area contributed by atoms with Crippen molar-refractivity contribution in [2.24, 2.45) is 5.14 Å². The van der Waals surface area contributed by atoms with Crippen LogP contribution in [0.5, 0.6) is 11.5 Å². The number of nitrogens with two attached hydrogens (primary N) is 1. The predicted octanol–water partition coefficient (Wildman–Crippen LogP) is 1.43. The number of fused-ring (bicyclic) bond motifs is 1. The van der Waals surface area contributed by atoms with Crippen molar-refractivity contribution in [1.29, 1.82) is 0 Å². The lowest BCUT2D eigenvalue weighted by Gasteiger charge is -2.05. The van der Waals surface area contributed by atoms with Gasteiger partial charge in [-0.2, -0.15) is 13.6 Å². The molecule has 0 radical (unpaired) electrons. The first-order valence-electron chi connectivity index (χ1n) is 4.78. The second-order valence-corrected chi connectivity index (χ2v) is 4.60. The van der Waals surface area contributed by atoms with Gasteiger partial charge in [0.05, 0.1) is 7.11 Å². The molecule has 0 fully saturated rings. The van der Waals surface area contributed by atoms with E-state index in [0.29, 0.717) is 0 Å². The Morgan fingerprint density at radius 2 is 1.53 bits per heavy atom. The Bertz CT molecular complexity index is 652. The van der Waals surface area contributed by atoms with Crippen LogP contribution < -0.4 is 14.1 Å². The van der Waals surface area contributed by atoms with Crippen molar-refractivity contribution in [3.8, 4) is 11.5 Å². The fraction of sp³-hybridized carbons (Fsp3) is 0.0909. The Labute approximate surface area is 99.0 Å². The van der Waals surface area contributed by atoms with Crippen molar-refractivity contribution >= 4 is 21.1 Å². The van der Waals surface area contributed by atoms with Crippen molar-refractivity contribution in [1.82, 2.24) is 0 Å². The molecule has 0 aliphatic heterocycles. The second kappa shape index (κ2) is 4.23. The van der Waals surface area contributed by atoms with Crippen LogP contribution >= 0.6 is 0 Å². The van der Waals surface area contributed by atoms with Crippen LogP contribution in [0.4, 0.5) is 0 Å². The third-order valence-corrected chi connectivity index (χ3v) is 2.66. The summed E-state index contributed by atoms with van der Waals surface area (Å²) in [7, 11) is -2.40. The van der Waals surface area contributed by atoms with Crippen LogP contribution in [0.15, 0.2) is 36.4 Å². The van der Waals surface area contributed by atoms with Gasteiger partial charge in [-0.15, -0.1) is 0 Å². The van der Waals surface area contributed by atoms with E-state index in [-0.39, 0.29) is 5.75 Å². The van der Waals surface area contributed by atoms with Crippen LogP contribution in [0.25, 0.3) is 10.8 Å². The summed E-state index contributed by atoms with van der Waals surface area (Å²) in [6.07, 6.45) is 0. The molecule has 0 saturated carbocycles. The van der Waals surface area contributed by atoms with Crippen molar-refractivity contribution in [2.75, 3.05) is 7.11 Å². The number of ether oxygens (including phenoxy) is 1. The molecular formula is C11H11NO4S. The van der Waals surface area contributed by atoms with Gasteiger partial charge < -0.3 is 8.92 Å². The van der Waals surface area contributed by atoms with Gasteiger partial charge in [-0.05, 0) is 35.0 Å². The highest BCUT2D eigenvalue weighted by atomic mass is 32.2. The summed E-state index contributed by atoms with van der Waals surface area (Å²) < 4.78 is 31.2. The molecule has 0 bridgehead atoms. The summed E-state index contributed by atoms with van der Waals surface area (Å²) in [4.78, 5) is 0. The zero-order chi connectivity index (χ0) is 12.5. The topological polar surface area (TPSA) is 78.6 Å². The van der Waals surface area contributed by atoms with Gasteiger partial charge >= 0.3 is 10.3 Å². The lowest BCUT2D eigenvalue weighted by atomic mass is 10.1. The molecule has 0 aliphatic rings. The Morgan fingerprint density at radius 3 is 2.06 bits per heavy atom. The van der Waals surface area contributed by atoms with Crippen LogP contribution in [0.3, 0.4) is 0 Å². The SMILES string of the molecule is COc1ccc2cc(OS(N)(=O)=O)ccc2c1. The third kappa shape index (κ3) is 2.86. The molecule has 0 aliphatic carbocycles. The van der Waals surface area contributed by atoms with E-state index < -0.39 is 10.3 Å². The van der Waals surface area contributed by atoms with E-state index in [1.54, 1.807) is 25.3 Å². The van der Waals surface area contributed by atoms with Crippen molar-refractivity contribution in [2.45, 2.75) is 0 Å². The number of rotatable bonds is 3. The summed E-state index contributed by atoms with van der Waals surface area (Å²) in [6, 6.07) is 10.3. The summed E-state index contributed by atoms with van der Waals surface area (Å²) in [5.74, 6) is 0.919. The molecule has 0 atom stereocenters. The van der Waals surface area contributed by atoms with Crippen LogP contribution in [0.1, 0.15) is 0 Å². The Balaban J connectivity index is 2.45. The predicted molar refractivity (Wildman–Crippen MR) is 64.2 cm³/mol. The highest BCUT2D eigenvalue weighted by Gasteiger charge is 2.05. The Kier molecular flexibility index (Phi) is 2.91. The highest BCUT2D eigenvalue weighted by Crippen LogP contribution is 2.25. The van der Waals surface area contributed by atoms with E-state index >= 15 is 0 Å². The minimum Gasteiger partial charge on any atom is -0.497 e. The van der Waals surface area contributed by atoms with Crippen LogP contribution in [0.2, 0.25) is 0 Å². The van der Waals surface area contributed by atoms with Crippen LogP contribution in [0, 0.1) is 0 Å². The first kappa shape index (κ1) is 11.7. The summed E-state index contributed by atoms with van der Waals surface area (Å²) in [6.45, 7) is 0. The lowest BCUT2D eigenvalue weighted by Crippen LogP contribution is -2.18. The Morgan fingerprint density at radius 1 is 1.00 bits per heavy atom. The molecule has 2 aromatic carbocycles. The maximum Gasteiger partial charge on any atom is 0.380 e. The molecule has 5 nitrogen and oxygen atoms in total. The molecule has 0 saturated heterocycles. The summed E-state index contributed by atoms with van der Waals surface area (Å²) >= 11 is 0. The normalized spacial score (nSPS) is 11.4. The molecule has 0 heterocycles. The van der Waals surface area contributed by atoms with Gasteiger partial charge in [0.25, 0.3) is 0 Å². The van der Waals surface area contributed by atoms with Crippen LogP contribution in [-0.2, 0) is 10.3 Å². The molecule has 2 aromatic rings. The van der Waals surface area contributed by atoms with E-state index in [1.165, 1.54) is 6.07 Å². The summed E-state index contributed by atoms with van der Waals surface area (Å²) in [5.41, 5.74) is 0. The number of hydrogen-bond acceptors (Lipinski definition) is 4. The fourth-order valence-electron chi connectivity index (χ4n) is 1.51. The smallest absolute Gasteiger partial charge is 0.380 e. The summed E-state index contributed by atoms with van der Waals surface area (Å²) in [5, 5.41) is 6.55. The van der Waals surface area contributed by atoms with Gasteiger partial charge in [0, 0.05) is 0 Å². The molecule has 0 spiro atoms. The standard InChI is InChI=1S/C11H11NO4S/c1-15-10-4-2-9-7-11(16-17(12,13)14)5-3-8(9)6-10/h2-7H,1H3,(H2,12,13,14). The van der Waals surface area contributed by atoms with Gasteiger partial charge in [-0.3, -0.25) is 0 Å². The highest BCUT2D eigenvalue weighted by molar-refractivity contribution is 7.84. The second-order valence-electron chi connectivity index (χ2n) is 3.45. The van der Waals surface area contributed by atoms with Gasteiger partial charge in [0.1, 0.15) is 11.5 Å². The minimum atomic E-state index is -3.98. The van der Waals surface area contributed by atoms with Crippen molar-refractivity contribution in [3.05, 3.63) is 36.4 Å². The molecule has 17 heavy (non-hydrogen) atoms. The van der Waals surface area contributed by atoms with E-state index in [0.717, 1.165) is 16.5 Å². The average Bonchev–Trinajstić information content (AvgIpc) is 2.26. The number of methoxy groups -OCH3 is 1. The third-order valence-electron chi connectivity index (χ3n) is 2.23. The maximum absolute atomic E-state index is 10.8. The lowest BCUT2D eigenvalue weighted by molar-refractivity contribution is 0.415. The fourth-order valence-corrected chi connectivity index (χ4v) is 1.89.